The smallest absolute Gasteiger partial charge is 0.186 e. The van der Waals surface area contributed by atoms with Crippen molar-refractivity contribution >= 4 is 27.5 Å². The van der Waals surface area contributed by atoms with E-state index in [0.29, 0.717) is 5.56 Å². The maximum atomic E-state index is 9.21. The van der Waals surface area contributed by atoms with E-state index in [1.807, 2.05) is 43.7 Å². The molecule has 0 unspecified atom stereocenters. The molecule has 0 bridgehead atoms. The Morgan fingerprint density at radius 1 is 1.06 bits per heavy atom. The summed E-state index contributed by atoms with van der Waals surface area (Å²) in [4.78, 5) is 13.4. The van der Waals surface area contributed by atoms with Crippen LogP contribution in [0, 0.1) is 23.2 Å². The first kappa shape index (κ1) is 20.3. The molecule has 2 saturated heterocycles. The fourth-order valence-corrected chi connectivity index (χ4v) is 6.24. The SMILES string of the molecule is Cn1ncc2cc(-c3sc(N4CC[C@@H]5CNC[C@@H]5CC4)nc3-c3ccc(C#N)cc3)cnc21. The zero-order valence-electron chi connectivity index (χ0n) is 18.5. The van der Waals surface area contributed by atoms with Gasteiger partial charge in [0.1, 0.15) is 0 Å². The molecule has 2 aliphatic heterocycles. The van der Waals surface area contributed by atoms with E-state index in [2.05, 4.69) is 32.4 Å². The van der Waals surface area contributed by atoms with Gasteiger partial charge in [-0.05, 0) is 56.0 Å². The number of nitrogens with one attached hydrogen (secondary N) is 1. The van der Waals surface area contributed by atoms with E-state index in [-0.39, 0.29) is 0 Å². The number of hydrogen-bond donors (Lipinski definition) is 1. The molecular formula is C25H25N7S. The number of aromatic nitrogens is 4. The average Bonchev–Trinajstić information content (AvgIpc) is 3.55. The van der Waals surface area contributed by atoms with Crippen LogP contribution >= 0.6 is 11.3 Å². The van der Waals surface area contributed by atoms with Crippen LogP contribution in [0.5, 0.6) is 0 Å². The first-order valence-electron chi connectivity index (χ1n) is 11.4. The number of fused-ring (bicyclic) bond motifs is 2. The largest absolute Gasteiger partial charge is 0.348 e. The molecule has 2 atom stereocenters. The fraction of sp³-hybridized carbons (Fsp3) is 0.360. The molecule has 166 valence electrons. The molecule has 7 nitrogen and oxygen atoms in total. The average molecular weight is 456 g/mol. The minimum Gasteiger partial charge on any atom is -0.348 e. The van der Waals surface area contributed by atoms with Crippen LogP contribution in [0.2, 0.25) is 0 Å². The van der Waals surface area contributed by atoms with Crippen molar-refractivity contribution in [1.29, 1.82) is 5.26 Å². The van der Waals surface area contributed by atoms with Crippen molar-refractivity contribution in [2.45, 2.75) is 12.8 Å². The maximum Gasteiger partial charge on any atom is 0.186 e. The molecule has 0 spiro atoms. The lowest BCUT2D eigenvalue weighted by atomic mass is 9.92. The second-order valence-electron chi connectivity index (χ2n) is 9.01. The Morgan fingerprint density at radius 3 is 2.55 bits per heavy atom. The molecule has 6 rings (SSSR count). The van der Waals surface area contributed by atoms with E-state index in [0.717, 1.165) is 75.9 Å². The van der Waals surface area contributed by atoms with E-state index >= 15 is 0 Å². The molecule has 1 aromatic carbocycles. The number of nitrogens with zero attached hydrogens (tertiary/aromatic N) is 6. The van der Waals surface area contributed by atoms with Gasteiger partial charge in [-0.1, -0.05) is 23.5 Å². The molecule has 0 saturated carbocycles. The Morgan fingerprint density at radius 2 is 1.82 bits per heavy atom. The van der Waals surface area contributed by atoms with Crippen molar-refractivity contribution < 1.29 is 0 Å². The van der Waals surface area contributed by atoms with Crippen molar-refractivity contribution in [2.75, 3.05) is 31.1 Å². The van der Waals surface area contributed by atoms with E-state index in [9.17, 15) is 5.26 Å². The molecule has 3 aromatic heterocycles. The molecular weight excluding hydrogens is 430 g/mol. The third-order valence-electron chi connectivity index (χ3n) is 7.03. The molecule has 1 N–H and O–H groups in total. The monoisotopic (exact) mass is 455 g/mol. The highest BCUT2D eigenvalue weighted by Gasteiger charge is 2.31. The molecule has 5 heterocycles. The van der Waals surface area contributed by atoms with Gasteiger partial charge in [0.2, 0.25) is 0 Å². The van der Waals surface area contributed by atoms with E-state index in [1.165, 1.54) is 12.8 Å². The van der Waals surface area contributed by atoms with Crippen LogP contribution in [-0.2, 0) is 7.05 Å². The predicted octanol–water partition coefficient (Wildman–Crippen LogP) is 4.07. The molecule has 33 heavy (non-hydrogen) atoms. The molecule has 0 radical (unpaired) electrons. The first-order valence-corrected chi connectivity index (χ1v) is 12.3. The minimum absolute atomic E-state index is 0.655. The summed E-state index contributed by atoms with van der Waals surface area (Å²) < 4.78 is 1.79. The van der Waals surface area contributed by atoms with Crippen molar-refractivity contribution in [2.24, 2.45) is 18.9 Å². The number of aryl methyl sites for hydroxylation is 1. The summed E-state index contributed by atoms with van der Waals surface area (Å²) in [6, 6.07) is 12.1. The van der Waals surface area contributed by atoms with Crippen LogP contribution in [0.3, 0.4) is 0 Å². The number of hydrogen-bond acceptors (Lipinski definition) is 7. The van der Waals surface area contributed by atoms with Gasteiger partial charge < -0.3 is 10.2 Å². The van der Waals surface area contributed by atoms with Crippen LogP contribution < -0.4 is 10.2 Å². The Labute approximate surface area is 196 Å². The number of rotatable bonds is 3. The summed E-state index contributed by atoms with van der Waals surface area (Å²) >= 11 is 1.74. The minimum atomic E-state index is 0.655. The quantitative estimate of drug-likeness (QED) is 0.502. The zero-order chi connectivity index (χ0) is 22.4. The highest BCUT2D eigenvalue weighted by atomic mass is 32.1. The van der Waals surface area contributed by atoms with Gasteiger partial charge in [-0.25, -0.2) is 9.97 Å². The summed E-state index contributed by atoms with van der Waals surface area (Å²) in [6.45, 7) is 4.38. The lowest BCUT2D eigenvalue weighted by Gasteiger charge is -2.19. The van der Waals surface area contributed by atoms with Crippen molar-refractivity contribution in [1.82, 2.24) is 25.1 Å². The Hall–Kier alpha value is -3.28. The van der Waals surface area contributed by atoms with Gasteiger partial charge in [-0.2, -0.15) is 10.4 Å². The van der Waals surface area contributed by atoms with Gasteiger partial charge in [0.25, 0.3) is 0 Å². The van der Waals surface area contributed by atoms with Gasteiger partial charge in [-0.3, -0.25) is 4.68 Å². The Kier molecular flexibility index (Phi) is 5.08. The van der Waals surface area contributed by atoms with Crippen molar-refractivity contribution in [3.05, 3.63) is 48.3 Å². The lowest BCUT2D eigenvalue weighted by Crippen LogP contribution is -2.25. The van der Waals surface area contributed by atoms with Crippen LogP contribution in [0.4, 0.5) is 5.13 Å². The van der Waals surface area contributed by atoms with Gasteiger partial charge in [0.05, 0.1) is 28.4 Å². The molecule has 2 fully saturated rings. The van der Waals surface area contributed by atoms with Gasteiger partial charge >= 0.3 is 0 Å². The zero-order valence-corrected chi connectivity index (χ0v) is 19.3. The van der Waals surface area contributed by atoms with E-state index in [4.69, 9.17) is 4.98 Å². The summed E-state index contributed by atoms with van der Waals surface area (Å²) in [5.41, 5.74) is 4.55. The number of pyridine rings is 1. The lowest BCUT2D eigenvalue weighted by molar-refractivity contribution is 0.409. The number of thiazole rings is 1. The summed E-state index contributed by atoms with van der Waals surface area (Å²) in [5, 5.41) is 19.2. The molecule has 8 heteroatoms. The maximum absolute atomic E-state index is 9.21. The second kappa shape index (κ2) is 8.25. The summed E-state index contributed by atoms with van der Waals surface area (Å²) in [7, 11) is 1.91. The normalized spacial score (nSPS) is 20.5. The third kappa shape index (κ3) is 3.67. The second-order valence-corrected chi connectivity index (χ2v) is 9.99. The van der Waals surface area contributed by atoms with Gasteiger partial charge in [-0.15, -0.1) is 0 Å². The first-order chi connectivity index (χ1) is 16.2. The Balaban J connectivity index is 1.42. The topological polar surface area (TPSA) is 82.7 Å². The molecule has 2 aliphatic rings. The predicted molar refractivity (Wildman–Crippen MR) is 131 cm³/mol. The van der Waals surface area contributed by atoms with Gasteiger partial charge in [0.15, 0.2) is 10.8 Å². The van der Waals surface area contributed by atoms with Crippen molar-refractivity contribution in [3.8, 4) is 27.8 Å². The highest BCUT2D eigenvalue weighted by Crippen LogP contribution is 2.42. The van der Waals surface area contributed by atoms with Crippen LogP contribution in [0.1, 0.15) is 18.4 Å². The standard InChI is InChI=1S/C25H25N7S/c1-31-24-21(15-29-31)10-20(14-28-24)23-22(17-4-2-16(11-26)3-5-17)30-25(33-23)32-8-6-18-12-27-13-19(18)7-9-32/h2-5,10,14-15,18-19,27H,6-9,12-13H2,1H3/t18-,19+. The van der Waals surface area contributed by atoms with Crippen LogP contribution in [-0.4, -0.2) is 45.9 Å². The van der Waals surface area contributed by atoms with Crippen molar-refractivity contribution in [3.63, 3.8) is 0 Å². The highest BCUT2D eigenvalue weighted by molar-refractivity contribution is 7.19. The molecule has 0 amide bonds. The number of nitriles is 1. The summed E-state index contributed by atoms with van der Waals surface area (Å²) in [6.07, 6.45) is 6.20. The number of benzene rings is 1. The molecule has 4 aromatic rings. The third-order valence-corrected chi connectivity index (χ3v) is 8.19. The molecule has 0 aliphatic carbocycles. The van der Waals surface area contributed by atoms with Crippen LogP contribution in [0.25, 0.3) is 32.7 Å². The summed E-state index contributed by atoms with van der Waals surface area (Å²) in [5.74, 6) is 1.56. The van der Waals surface area contributed by atoms with E-state index < -0.39 is 0 Å². The van der Waals surface area contributed by atoms with Gasteiger partial charge in [0, 0.05) is 42.8 Å². The van der Waals surface area contributed by atoms with Crippen LogP contribution in [0.15, 0.2) is 42.7 Å². The fourth-order valence-electron chi connectivity index (χ4n) is 5.12. The van der Waals surface area contributed by atoms with E-state index in [1.54, 1.807) is 16.0 Å². The number of anilines is 1. The Bertz CT molecular complexity index is 1330.